The van der Waals surface area contributed by atoms with Gasteiger partial charge in [-0.1, -0.05) is 23.7 Å². The molecule has 0 aromatic heterocycles. The number of hydrogen-bond donors (Lipinski definition) is 1. The van der Waals surface area contributed by atoms with Gasteiger partial charge in [-0.25, -0.2) is 0 Å². The van der Waals surface area contributed by atoms with E-state index in [-0.39, 0.29) is 0 Å². The Kier molecular flexibility index (Phi) is 5.01. The third kappa shape index (κ3) is 3.69. The fraction of sp³-hybridized carbons (Fsp3) is 0.571. The number of aliphatic hydroxyl groups is 1. The fourth-order valence-electron chi connectivity index (χ4n) is 2.38. The highest BCUT2D eigenvalue weighted by Crippen LogP contribution is 2.21. The Labute approximate surface area is 113 Å². The minimum Gasteiger partial charge on any atom is -0.388 e. The summed E-state index contributed by atoms with van der Waals surface area (Å²) < 4.78 is 5.33. The summed E-state index contributed by atoms with van der Waals surface area (Å²) in [6.07, 6.45) is 1.74. The van der Waals surface area contributed by atoms with E-state index in [1.54, 1.807) is 7.11 Å². The van der Waals surface area contributed by atoms with Crippen LogP contribution >= 0.6 is 11.6 Å². The molecule has 0 aliphatic carbocycles. The summed E-state index contributed by atoms with van der Waals surface area (Å²) in [6.45, 7) is 2.92. The highest BCUT2D eigenvalue weighted by Gasteiger charge is 2.22. The molecule has 1 aliphatic heterocycles. The van der Waals surface area contributed by atoms with Crippen LogP contribution < -0.4 is 0 Å². The molecule has 0 spiro atoms. The zero-order valence-electron chi connectivity index (χ0n) is 10.7. The minimum absolute atomic E-state index is 0.355. The van der Waals surface area contributed by atoms with Crippen molar-refractivity contribution < 1.29 is 9.84 Å². The highest BCUT2D eigenvalue weighted by molar-refractivity contribution is 6.30. The van der Waals surface area contributed by atoms with Crippen LogP contribution in [0.4, 0.5) is 0 Å². The van der Waals surface area contributed by atoms with Gasteiger partial charge in [-0.3, -0.25) is 0 Å². The molecule has 18 heavy (non-hydrogen) atoms. The van der Waals surface area contributed by atoms with Gasteiger partial charge in [0.2, 0.25) is 0 Å². The molecular weight excluding hydrogens is 250 g/mol. The number of likely N-dealkylation sites (tertiary alicyclic amines) is 1. The van der Waals surface area contributed by atoms with E-state index in [0.717, 1.165) is 38.0 Å². The summed E-state index contributed by atoms with van der Waals surface area (Å²) in [6, 6.07) is 7.44. The third-order valence-electron chi connectivity index (χ3n) is 3.51. The van der Waals surface area contributed by atoms with Crippen LogP contribution in [0, 0.1) is 0 Å². The Morgan fingerprint density at radius 1 is 1.56 bits per heavy atom. The molecule has 1 N–H and O–H groups in total. The van der Waals surface area contributed by atoms with Gasteiger partial charge in [0.15, 0.2) is 0 Å². The molecule has 1 aromatic rings. The molecule has 2 atom stereocenters. The molecule has 2 unspecified atom stereocenters. The molecule has 1 fully saturated rings. The second kappa shape index (κ2) is 6.53. The lowest BCUT2D eigenvalue weighted by Gasteiger charge is -2.18. The highest BCUT2D eigenvalue weighted by atomic mass is 35.5. The minimum atomic E-state index is -0.440. The molecule has 0 saturated carbocycles. The van der Waals surface area contributed by atoms with Gasteiger partial charge in [-0.15, -0.1) is 0 Å². The van der Waals surface area contributed by atoms with Crippen molar-refractivity contribution in [1.82, 2.24) is 4.90 Å². The van der Waals surface area contributed by atoms with Crippen molar-refractivity contribution >= 4 is 11.6 Å². The predicted octanol–water partition coefficient (Wildman–Crippen LogP) is 2.48. The van der Waals surface area contributed by atoms with E-state index in [1.165, 1.54) is 0 Å². The first-order valence-electron chi connectivity index (χ1n) is 6.37. The molecule has 1 saturated heterocycles. The van der Waals surface area contributed by atoms with Crippen molar-refractivity contribution in [3.05, 3.63) is 34.9 Å². The molecule has 4 heteroatoms. The molecule has 2 rings (SSSR count). The fourth-order valence-corrected chi connectivity index (χ4v) is 2.58. The van der Waals surface area contributed by atoms with Gasteiger partial charge in [-0.2, -0.15) is 0 Å². The van der Waals surface area contributed by atoms with Gasteiger partial charge in [-0.05, 0) is 30.5 Å². The lowest BCUT2D eigenvalue weighted by molar-refractivity contribution is 0.102. The van der Waals surface area contributed by atoms with Crippen molar-refractivity contribution in [2.45, 2.75) is 25.0 Å². The Hall–Kier alpha value is -0.610. The Bertz CT molecular complexity index is 386. The van der Waals surface area contributed by atoms with Crippen LogP contribution in [0.2, 0.25) is 5.02 Å². The average Bonchev–Trinajstić information content (AvgIpc) is 2.84. The summed E-state index contributed by atoms with van der Waals surface area (Å²) >= 11 is 5.92. The molecular formula is C14H20ClNO2. The maximum atomic E-state index is 10.1. The topological polar surface area (TPSA) is 32.7 Å². The standard InChI is InChI=1S/C14H20ClNO2/c1-18-13-5-7-16(10-13)8-6-14(17)11-3-2-4-12(15)9-11/h2-4,9,13-14,17H,5-8,10H2,1H3. The van der Waals surface area contributed by atoms with Crippen LogP contribution in [0.15, 0.2) is 24.3 Å². The summed E-state index contributed by atoms with van der Waals surface area (Å²) in [5.41, 5.74) is 0.894. The molecule has 0 radical (unpaired) electrons. The summed E-state index contributed by atoms with van der Waals surface area (Å²) in [7, 11) is 1.76. The van der Waals surface area contributed by atoms with Crippen molar-refractivity contribution in [3.63, 3.8) is 0 Å². The Morgan fingerprint density at radius 2 is 2.39 bits per heavy atom. The maximum absolute atomic E-state index is 10.1. The third-order valence-corrected chi connectivity index (χ3v) is 3.75. The average molecular weight is 270 g/mol. The number of benzene rings is 1. The smallest absolute Gasteiger partial charge is 0.0802 e. The van der Waals surface area contributed by atoms with Gasteiger partial charge in [0.05, 0.1) is 12.2 Å². The number of halogens is 1. The van der Waals surface area contributed by atoms with Crippen molar-refractivity contribution in [1.29, 1.82) is 0 Å². The second-order valence-electron chi connectivity index (χ2n) is 4.81. The van der Waals surface area contributed by atoms with Crippen molar-refractivity contribution in [3.8, 4) is 0 Å². The molecule has 1 aromatic carbocycles. The molecule has 0 amide bonds. The predicted molar refractivity (Wildman–Crippen MR) is 72.9 cm³/mol. The van der Waals surface area contributed by atoms with E-state index in [4.69, 9.17) is 16.3 Å². The van der Waals surface area contributed by atoms with E-state index in [1.807, 2.05) is 24.3 Å². The SMILES string of the molecule is COC1CCN(CCC(O)c2cccc(Cl)c2)C1. The number of aliphatic hydroxyl groups excluding tert-OH is 1. The van der Waals surface area contributed by atoms with Gasteiger partial charge < -0.3 is 14.7 Å². The lowest BCUT2D eigenvalue weighted by Crippen LogP contribution is -2.25. The van der Waals surface area contributed by atoms with E-state index in [2.05, 4.69) is 4.90 Å². The maximum Gasteiger partial charge on any atom is 0.0802 e. The summed E-state index contributed by atoms with van der Waals surface area (Å²) in [4.78, 5) is 2.34. The van der Waals surface area contributed by atoms with Crippen molar-refractivity contribution in [2.75, 3.05) is 26.7 Å². The largest absolute Gasteiger partial charge is 0.388 e. The van der Waals surface area contributed by atoms with E-state index >= 15 is 0 Å². The zero-order valence-corrected chi connectivity index (χ0v) is 11.4. The summed E-state index contributed by atoms with van der Waals surface area (Å²) in [5.74, 6) is 0. The number of hydrogen-bond acceptors (Lipinski definition) is 3. The number of rotatable bonds is 5. The lowest BCUT2D eigenvalue weighted by atomic mass is 10.1. The van der Waals surface area contributed by atoms with Crippen LogP contribution in [0.25, 0.3) is 0 Å². The number of nitrogens with zero attached hydrogens (tertiary/aromatic N) is 1. The van der Waals surface area contributed by atoms with Crippen LogP contribution in [-0.4, -0.2) is 42.9 Å². The summed E-state index contributed by atoms with van der Waals surface area (Å²) in [5, 5.41) is 10.8. The monoisotopic (exact) mass is 269 g/mol. The molecule has 3 nitrogen and oxygen atoms in total. The number of ether oxygens (including phenoxy) is 1. The van der Waals surface area contributed by atoms with Gasteiger partial charge in [0.25, 0.3) is 0 Å². The van der Waals surface area contributed by atoms with Gasteiger partial charge in [0.1, 0.15) is 0 Å². The zero-order chi connectivity index (χ0) is 13.0. The Balaban J connectivity index is 1.80. The van der Waals surface area contributed by atoms with E-state index in [0.29, 0.717) is 11.1 Å². The van der Waals surface area contributed by atoms with Gasteiger partial charge >= 0.3 is 0 Å². The van der Waals surface area contributed by atoms with Gasteiger partial charge in [0, 0.05) is 31.8 Å². The molecule has 100 valence electrons. The molecule has 0 bridgehead atoms. The first kappa shape index (κ1) is 13.8. The van der Waals surface area contributed by atoms with E-state index < -0.39 is 6.10 Å². The van der Waals surface area contributed by atoms with Crippen LogP contribution in [-0.2, 0) is 4.74 Å². The molecule has 1 heterocycles. The van der Waals surface area contributed by atoms with Crippen LogP contribution in [0.5, 0.6) is 0 Å². The van der Waals surface area contributed by atoms with Crippen LogP contribution in [0.1, 0.15) is 24.5 Å². The molecule has 1 aliphatic rings. The quantitative estimate of drug-likeness (QED) is 0.891. The Morgan fingerprint density at radius 3 is 3.06 bits per heavy atom. The normalized spacial score (nSPS) is 22.3. The first-order valence-corrected chi connectivity index (χ1v) is 6.75. The first-order chi connectivity index (χ1) is 8.69. The van der Waals surface area contributed by atoms with Crippen LogP contribution in [0.3, 0.4) is 0 Å². The van der Waals surface area contributed by atoms with Crippen molar-refractivity contribution in [2.24, 2.45) is 0 Å². The second-order valence-corrected chi connectivity index (χ2v) is 5.24. The van der Waals surface area contributed by atoms with E-state index in [9.17, 15) is 5.11 Å². The number of methoxy groups -OCH3 is 1.